The predicted molar refractivity (Wildman–Crippen MR) is 45.8 cm³/mol. The molecule has 0 amide bonds. The van der Waals surface area contributed by atoms with Crippen LogP contribution < -0.4 is 4.74 Å². The topological polar surface area (TPSA) is 43.4 Å². The van der Waals surface area contributed by atoms with Crippen LogP contribution in [0.1, 0.15) is 16.6 Å². The lowest BCUT2D eigenvalue weighted by molar-refractivity contribution is -0.131. The molecule has 1 aromatic rings. The molecule has 0 bridgehead atoms. The molecule has 0 aliphatic rings. The van der Waals surface area contributed by atoms with Crippen LogP contribution in [0.3, 0.4) is 0 Å². The summed E-state index contributed by atoms with van der Waals surface area (Å²) < 4.78 is 4.71. The van der Waals surface area contributed by atoms with Gasteiger partial charge >= 0.3 is 5.97 Å². The Labute approximate surface area is 77.9 Å². The normalized spacial score (nSPS) is 9.50. The van der Waals surface area contributed by atoms with Crippen LogP contribution in [0.25, 0.3) is 0 Å². The standard InChI is InChI=1S/C7H5ClO3S/c1-4(9)11-5-2-6(7(8)10)12-3-5/h2-3H,1H3. The third-order valence-corrected chi connectivity index (χ3v) is 2.25. The number of esters is 1. The Balaban J connectivity index is 2.77. The van der Waals surface area contributed by atoms with E-state index in [1.54, 1.807) is 5.38 Å². The van der Waals surface area contributed by atoms with Crippen molar-refractivity contribution < 1.29 is 14.3 Å². The van der Waals surface area contributed by atoms with Crippen molar-refractivity contribution in [2.75, 3.05) is 0 Å². The van der Waals surface area contributed by atoms with Gasteiger partial charge in [-0.25, -0.2) is 0 Å². The van der Waals surface area contributed by atoms with E-state index in [4.69, 9.17) is 16.3 Å². The summed E-state index contributed by atoms with van der Waals surface area (Å²) in [5.41, 5.74) is 0. The maximum Gasteiger partial charge on any atom is 0.308 e. The molecule has 0 spiro atoms. The summed E-state index contributed by atoms with van der Waals surface area (Å²) in [6, 6.07) is 1.43. The van der Waals surface area contributed by atoms with Gasteiger partial charge in [-0.15, -0.1) is 11.3 Å². The van der Waals surface area contributed by atoms with Crippen LogP contribution in [0.4, 0.5) is 0 Å². The van der Waals surface area contributed by atoms with Crippen LogP contribution in [-0.4, -0.2) is 11.2 Å². The highest BCUT2D eigenvalue weighted by Gasteiger charge is 2.07. The summed E-state index contributed by atoms with van der Waals surface area (Å²) in [4.78, 5) is 21.4. The lowest BCUT2D eigenvalue weighted by atomic mass is 10.5. The minimum atomic E-state index is -0.543. The van der Waals surface area contributed by atoms with Gasteiger partial charge in [-0.3, -0.25) is 9.59 Å². The number of rotatable bonds is 2. The van der Waals surface area contributed by atoms with E-state index in [-0.39, 0.29) is 0 Å². The summed E-state index contributed by atoms with van der Waals surface area (Å²) in [7, 11) is 0. The predicted octanol–water partition coefficient (Wildman–Crippen LogP) is 2.05. The van der Waals surface area contributed by atoms with Gasteiger partial charge in [0.15, 0.2) is 0 Å². The van der Waals surface area contributed by atoms with E-state index >= 15 is 0 Å². The van der Waals surface area contributed by atoms with Gasteiger partial charge in [-0.2, -0.15) is 0 Å². The van der Waals surface area contributed by atoms with Crippen molar-refractivity contribution in [1.82, 2.24) is 0 Å². The zero-order valence-electron chi connectivity index (χ0n) is 6.17. The number of thiophene rings is 1. The van der Waals surface area contributed by atoms with Gasteiger partial charge in [0, 0.05) is 18.4 Å². The number of hydrogen-bond acceptors (Lipinski definition) is 4. The minimum Gasteiger partial charge on any atom is -0.426 e. The molecular weight excluding hydrogens is 200 g/mol. The molecule has 0 aromatic carbocycles. The number of carbonyl (C=O) groups is 2. The third kappa shape index (κ3) is 2.32. The number of carbonyl (C=O) groups excluding carboxylic acids is 2. The first-order valence-electron chi connectivity index (χ1n) is 3.06. The highest BCUT2D eigenvalue weighted by molar-refractivity contribution is 7.14. The Morgan fingerprint density at radius 1 is 1.58 bits per heavy atom. The van der Waals surface area contributed by atoms with Crippen molar-refractivity contribution in [3.63, 3.8) is 0 Å². The van der Waals surface area contributed by atoms with Crippen LogP contribution >= 0.6 is 22.9 Å². The number of ether oxygens (including phenoxy) is 1. The maximum atomic E-state index is 10.6. The van der Waals surface area contributed by atoms with Crippen LogP contribution in [0, 0.1) is 0 Å². The van der Waals surface area contributed by atoms with Gasteiger partial charge in [0.05, 0.1) is 4.88 Å². The molecule has 12 heavy (non-hydrogen) atoms. The van der Waals surface area contributed by atoms with Crippen molar-refractivity contribution in [2.45, 2.75) is 6.92 Å². The number of halogens is 1. The lowest BCUT2D eigenvalue weighted by Gasteiger charge is -1.92. The van der Waals surface area contributed by atoms with Crippen molar-refractivity contribution >= 4 is 34.1 Å². The van der Waals surface area contributed by atoms with Crippen molar-refractivity contribution in [2.24, 2.45) is 0 Å². The highest BCUT2D eigenvalue weighted by atomic mass is 35.5. The molecule has 0 radical (unpaired) electrons. The molecule has 0 atom stereocenters. The second kappa shape index (κ2) is 3.69. The second-order valence-corrected chi connectivity index (χ2v) is 3.27. The van der Waals surface area contributed by atoms with E-state index in [1.807, 2.05) is 0 Å². The molecule has 0 aliphatic heterocycles. The van der Waals surface area contributed by atoms with Crippen LogP contribution in [0.15, 0.2) is 11.4 Å². The van der Waals surface area contributed by atoms with Gasteiger partial charge in [0.1, 0.15) is 5.75 Å². The van der Waals surface area contributed by atoms with Gasteiger partial charge in [-0.1, -0.05) is 0 Å². The molecule has 0 saturated heterocycles. The monoisotopic (exact) mass is 204 g/mol. The molecule has 1 rings (SSSR count). The van der Waals surface area contributed by atoms with E-state index in [0.717, 1.165) is 11.3 Å². The largest absolute Gasteiger partial charge is 0.426 e. The molecule has 0 fully saturated rings. The Bertz CT molecular complexity index is 318. The quantitative estimate of drug-likeness (QED) is 0.547. The average Bonchev–Trinajstić information content (AvgIpc) is 2.34. The fourth-order valence-corrected chi connectivity index (χ4v) is 1.47. The summed E-state index contributed by atoms with van der Waals surface area (Å²) in [6.45, 7) is 1.29. The van der Waals surface area contributed by atoms with Crippen LogP contribution in [-0.2, 0) is 4.79 Å². The zero-order chi connectivity index (χ0) is 9.14. The summed E-state index contributed by atoms with van der Waals surface area (Å²) in [5.74, 6) is -0.0575. The van der Waals surface area contributed by atoms with Crippen molar-refractivity contribution in [1.29, 1.82) is 0 Å². The SMILES string of the molecule is CC(=O)Oc1csc(C(=O)Cl)c1. The average molecular weight is 205 g/mol. The molecule has 1 aromatic heterocycles. The summed E-state index contributed by atoms with van der Waals surface area (Å²) in [6.07, 6.45) is 0. The van der Waals surface area contributed by atoms with E-state index in [2.05, 4.69) is 0 Å². The van der Waals surface area contributed by atoms with Gasteiger partial charge in [0.25, 0.3) is 5.24 Å². The van der Waals surface area contributed by atoms with Crippen molar-refractivity contribution in [3.8, 4) is 5.75 Å². The Kier molecular flexibility index (Phi) is 2.83. The summed E-state index contributed by atoms with van der Waals surface area (Å²) >= 11 is 6.33. The molecule has 3 nitrogen and oxygen atoms in total. The second-order valence-electron chi connectivity index (χ2n) is 2.01. The first-order valence-corrected chi connectivity index (χ1v) is 4.32. The van der Waals surface area contributed by atoms with Crippen LogP contribution in [0.2, 0.25) is 0 Å². The molecule has 1 heterocycles. The number of hydrogen-bond donors (Lipinski definition) is 0. The molecule has 0 saturated carbocycles. The molecule has 0 N–H and O–H groups in total. The van der Waals surface area contributed by atoms with E-state index in [9.17, 15) is 9.59 Å². The maximum absolute atomic E-state index is 10.6. The first kappa shape index (κ1) is 9.22. The fraction of sp³-hybridized carbons (Fsp3) is 0.143. The Morgan fingerprint density at radius 3 is 2.67 bits per heavy atom. The molecule has 5 heteroatoms. The van der Waals surface area contributed by atoms with E-state index < -0.39 is 11.2 Å². The third-order valence-electron chi connectivity index (χ3n) is 1.03. The van der Waals surface area contributed by atoms with E-state index in [1.165, 1.54) is 13.0 Å². The summed E-state index contributed by atoms with van der Waals surface area (Å²) in [5, 5.41) is 1.01. The van der Waals surface area contributed by atoms with Gasteiger partial charge < -0.3 is 4.74 Å². The molecule has 0 unspecified atom stereocenters. The Hall–Kier alpha value is -0.870. The van der Waals surface area contributed by atoms with Crippen LogP contribution in [0.5, 0.6) is 5.75 Å². The smallest absolute Gasteiger partial charge is 0.308 e. The van der Waals surface area contributed by atoms with Crippen molar-refractivity contribution in [3.05, 3.63) is 16.3 Å². The zero-order valence-corrected chi connectivity index (χ0v) is 7.74. The van der Waals surface area contributed by atoms with Gasteiger partial charge in [0.2, 0.25) is 0 Å². The van der Waals surface area contributed by atoms with E-state index in [0.29, 0.717) is 10.6 Å². The highest BCUT2D eigenvalue weighted by Crippen LogP contribution is 2.22. The first-order chi connectivity index (χ1) is 5.59. The fourth-order valence-electron chi connectivity index (χ4n) is 0.641. The molecule has 0 aliphatic carbocycles. The lowest BCUT2D eigenvalue weighted by Crippen LogP contribution is -1.99. The Morgan fingerprint density at radius 2 is 2.25 bits per heavy atom. The minimum absolute atomic E-state index is 0.358. The molecule has 64 valence electrons. The molecular formula is C7H5ClO3S. The van der Waals surface area contributed by atoms with Gasteiger partial charge in [-0.05, 0) is 11.6 Å².